The number of nitrogens with two attached hydrogens (primary N) is 1. The Morgan fingerprint density at radius 1 is 1.24 bits per heavy atom. The van der Waals surface area contributed by atoms with Gasteiger partial charge in [0.05, 0.1) is 23.3 Å². The first-order valence-corrected chi connectivity index (χ1v) is 6.74. The molecule has 5 heteroatoms. The molecule has 2 N–H and O–H groups in total. The highest BCUT2D eigenvalue weighted by atomic mass is 16.5. The first-order chi connectivity index (χ1) is 10.1. The van der Waals surface area contributed by atoms with E-state index >= 15 is 0 Å². The fourth-order valence-corrected chi connectivity index (χ4v) is 2.41. The number of aromatic nitrogens is 2. The summed E-state index contributed by atoms with van der Waals surface area (Å²) < 4.78 is 5.03. The van der Waals surface area contributed by atoms with Crippen molar-refractivity contribution in [1.29, 1.82) is 0 Å². The number of fused-ring (bicyclic) bond motifs is 3. The topological polar surface area (TPSA) is 78.1 Å². The molecule has 2 heterocycles. The zero-order valence-electron chi connectivity index (χ0n) is 11.9. The molecule has 0 saturated carbocycles. The van der Waals surface area contributed by atoms with Gasteiger partial charge in [-0.3, -0.25) is 4.98 Å². The van der Waals surface area contributed by atoms with E-state index in [0.29, 0.717) is 17.7 Å². The van der Waals surface area contributed by atoms with E-state index in [1.807, 2.05) is 31.2 Å². The van der Waals surface area contributed by atoms with Crippen LogP contribution < -0.4 is 5.73 Å². The fourth-order valence-electron chi connectivity index (χ4n) is 2.41. The van der Waals surface area contributed by atoms with Gasteiger partial charge in [-0.1, -0.05) is 18.2 Å². The second kappa shape index (κ2) is 5.01. The predicted molar refractivity (Wildman–Crippen MR) is 82.1 cm³/mol. The van der Waals surface area contributed by atoms with Crippen LogP contribution in [0.3, 0.4) is 0 Å². The molecule has 0 fully saturated rings. The SMILES string of the molecule is CCOC(=O)c1cc2c(nc1N)c(C)nc1ccccc12. The third-order valence-corrected chi connectivity index (χ3v) is 3.37. The number of carbonyl (C=O) groups is 1. The van der Waals surface area contributed by atoms with Gasteiger partial charge < -0.3 is 10.5 Å². The summed E-state index contributed by atoms with van der Waals surface area (Å²) in [7, 11) is 0. The zero-order chi connectivity index (χ0) is 15.0. The smallest absolute Gasteiger partial charge is 0.341 e. The number of hydrogen-bond acceptors (Lipinski definition) is 5. The number of nitrogen functional groups attached to an aromatic ring is 1. The number of nitrogens with zero attached hydrogens (tertiary/aromatic N) is 2. The van der Waals surface area contributed by atoms with Crippen LogP contribution in [-0.2, 0) is 4.74 Å². The van der Waals surface area contributed by atoms with Gasteiger partial charge in [0, 0.05) is 10.8 Å². The summed E-state index contributed by atoms with van der Waals surface area (Å²) in [5.41, 5.74) is 8.54. The van der Waals surface area contributed by atoms with Crippen LogP contribution in [0.2, 0.25) is 0 Å². The molecule has 0 unspecified atom stereocenters. The van der Waals surface area contributed by atoms with Crippen molar-refractivity contribution in [2.75, 3.05) is 12.3 Å². The van der Waals surface area contributed by atoms with Crippen LogP contribution in [0.5, 0.6) is 0 Å². The van der Waals surface area contributed by atoms with Gasteiger partial charge in [0.25, 0.3) is 0 Å². The average molecular weight is 281 g/mol. The lowest BCUT2D eigenvalue weighted by Gasteiger charge is -2.10. The molecule has 0 radical (unpaired) electrons. The first kappa shape index (κ1) is 13.3. The fraction of sp³-hybridized carbons (Fsp3) is 0.188. The third kappa shape index (κ3) is 2.16. The summed E-state index contributed by atoms with van der Waals surface area (Å²) in [6, 6.07) is 9.49. The van der Waals surface area contributed by atoms with Crippen molar-refractivity contribution in [3.63, 3.8) is 0 Å². The van der Waals surface area contributed by atoms with Gasteiger partial charge in [0.2, 0.25) is 0 Å². The third-order valence-electron chi connectivity index (χ3n) is 3.37. The molecule has 21 heavy (non-hydrogen) atoms. The van der Waals surface area contributed by atoms with Crippen molar-refractivity contribution in [3.8, 4) is 0 Å². The van der Waals surface area contributed by atoms with Crippen molar-refractivity contribution in [2.24, 2.45) is 0 Å². The van der Waals surface area contributed by atoms with Gasteiger partial charge in [0.15, 0.2) is 0 Å². The Bertz CT molecular complexity index is 859. The number of benzene rings is 1. The lowest BCUT2D eigenvalue weighted by atomic mass is 10.1. The van der Waals surface area contributed by atoms with Crippen LogP contribution in [0.25, 0.3) is 21.8 Å². The number of anilines is 1. The lowest BCUT2D eigenvalue weighted by molar-refractivity contribution is 0.0527. The van der Waals surface area contributed by atoms with Gasteiger partial charge in [-0.2, -0.15) is 0 Å². The number of rotatable bonds is 2. The molecule has 0 amide bonds. The van der Waals surface area contributed by atoms with E-state index in [4.69, 9.17) is 10.5 Å². The number of para-hydroxylation sites is 1. The second-order valence-electron chi connectivity index (χ2n) is 4.75. The summed E-state index contributed by atoms with van der Waals surface area (Å²) in [6.45, 7) is 3.93. The van der Waals surface area contributed by atoms with Crippen LogP contribution in [0.4, 0.5) is 5.82 Å². The molecule has 3 aromatic rings. The number of aryl methyl sites for hydroxylation is 1. The predicted octanol–water partition coefficient (Wildman–Crippen LogP) is 2.85. The van der Waals surface area contributed by atoms with Crippen molar-refractivity contribution < 1.29 is 9.53 Å². The number of hydrogen-bond donors (Lipinski definition) is 1. The van der Waals surface area contributed by atoms with Gasteiger partial charge in [0.1, 0.15) is 11.4 Å². The Morgan fingerprint density at radius 2 is 2.00 bits per heavy atom. The lowest BCUT2D eigenvalue weighted by Crippen LogP contribution is -2.10. The minimum absolute atomic E-state index is 0.168. The Balaban J connectivity index is 2.37. The van der Waals surface area contributed by atoms with Gasteiger partial charge in [-0.05, 0) is 26.0 Å². The minimum Gasteiger partial charge on any atom is -0.462 e. The molecule has 3 rings (SSSR count). The molecule has 0 aliphatic rings. The van der Waals surface area contributed by atoms with Crippen LogP contribution in [0, 0.1) is 6.92 Å². The molecule has 2 aromatic heterocycles. The Morgan fingerprint density at radius 3 is 2.76 bits per heavy atom. The van der Waals surface area contributed by atoms with E-state index in [0.717, 1.165) is 22.0 Å². The van der Waals surface area contributed by atoms with E-state index in [-0.39, 0.29) is 5.82 Å². The Kier molecular flexibility index (Phi) is 3.17. The molecular weight excluding hydrogens is 266 g/mol. The van der Waals surface area contributed by atoms with E-state index in [1.165, 1.54) is 0 Å². The number of esters is 1. The normalized spacial score (nSPS) is 11.0. The highest BCUT2D eigenvalue weighted by Crippen LogP contribution is 2.27. The largest absolute Gasteiger partial charge is 0.462 e. The molecule has 1 aromatic carbocycles. The molecule has 106 valence electrons. The highest BCUT2D eigenvalue weighted by molar-refractivity contribution is 6.09. The second-order valence-corrected chi connectivity index (χ2v) is 4.75. The Labute approximate surface area is 121 Å². The standard InChI is InChI=1S/C16H15N3O2/c1-3-21-16(20)12-8-11-10-6-4-5-7-13(10)18-9(2)14(11)19-15(12)17/h4-8H,3H2,1-2H3,(H2,17,19). The summed E-state index contributed by atoms with van der Waals surface area (Å²) in [5, 5.41) is 1.80. The van der Waals surface area contributed by atoms with E-state index in [1.54, 1.807) is 13.0 Å². The molecule has 5 nitrogen and oxygen atoms in total. The molecule has 0 saturated heterocycles. The number of carbonyl (C=O) groups excluding carboxylic acids is 1. The van der Waals surface area contributed by atoms with Crippen molar-refractivity contribution in [3.05, 3.63) is 41.6 Å². The highest BCUT2D eigenvalue weighted by Gasteiger charge is 2.16. The molecule has 0 bridgehead atoms. The quantitative estimate of drug-likeness (QED) is 0.577. The molecule has 0 aliphatic carbocycles. The number of ether oxygens (including phenoxy) is 1. The van der Waals surface area contributed by atoms with Crippen LogP contribution >= 0.6 is 0 Å². The molecule has 0 atom stereocenters. The van der Waals surface area contributed by atoms with Crippen molar-refractivity contribution in [2.45, 2.75) is 13.8 Å². The van der Waals surface area contributed by atoms with Crippen LogP contribution in [0.15, 0.2) is 30.3 Å². The maximum atomic E-state index is 12.0. The Hall–Kier alpha value is -2.69. The zero-order valence-corrected chi connectivity index (χ0v) is 11.9. The minimum atomic E-state index is -0.456. The monoisotopic (exact) mass is 281 g/mol. The summed E-state index contributed by atoms with van der Waals surface area (Å²) >= 11 is 0. The van der Waals surface area contributed by atoms with Crippen molar-refractivity contribution >= 4 is 33.6 Å². The van der Waals surface area contributed by atoms with Crippen LogP contribution in [-0.4, -0.2) is 22.5 Å². The summed E-state index contributed by atoms with van der Waals surface area (Å²) in [4.78, 5) is 20.8. The van der Waals surface area contributed by atoms with E-state index in [9.17, 15) is 4.79 Å². The van der Waals surface area contributed by atoms with Crippen molar-refractivity contribution in [1.82, 2.24) is 9.97 Å². The molecule has 0 spiro atoms. The summed E-state index contributed by atoms with van der Waals surface area (Å²) in [6.07, 6.45) is 0. The number of pyridine rings is 2. The first-order valence-electron chi connectivity index (χ1n) is 6.74. The van der Waals surface area contributed by atoms with Gasteiger partial charge in [-0.15, -0.1) is 0 Å². The van der Waals surface area contributed by atoms with Gasteiger partial charge in [-0.25, -0.2) is 9.78 Å². The molecular formula is C16H15N3O2. The average Bonchev–Trinajstić information content (AvgIpc) is 2.47. The van der Waals surface area contributed by atoms with Crippen LogP contribution in [0.1, 0.15) is 23.0 Å². The van der Waals surface area contributed by atoms with E-state index < -0.39 is 5.97 Å². The summed E-state index contributed by atoms with van der Waals surface area (Å²) in [5.74, 6) is -0.288. The van der Waals surface area contributed by atoms with E-state index in [2.05, 4.69) is 9.97 Å². The maximum absolute atomic E-state index is 12.0. The maximum Gasteiger partial charge on any atom is 0.341 e. The van der Waals surface area contributed by atoms with Gasteiger partial charge >= 0.3 is 5.97 Å². The molecule has 0 aliphatic heterocycles.